The van der Waals surface area contributed by atoms with Crippen LogP contribution in [0.25, 0.3) is 11.0 Å². The van der Waals surface area contributed by atoms with Gasteiger partial charge in [0.05, 0.1) is 23.8 Å². The first-order chi connectivity index (χ1) is 14.4. The van der Waals surface area contributed by atoms with Crippen LogP contribution in [-0.2, 0) is 4.79 Å². The van der Waals surface area contributed by atoms with E-state index in [0.29, 0.717) is 16.6 Å². The number of carbonyl (C=O) groups is 1. The Balaban J connectivity index is 1.44. The number of aryl methyl sites for hydroxylation is 1. The molecule has 1 aliphatic rings. The lowest BCUT2D eigenvalue weighted by molar-refractivity contribution is -0.130. The number of aromatic amines is 1. The van der Waals surface area contributed by atoms with Gasteiger partial charge in [0, 0.05) is 48.1 Å². The second-order valence-corrected chi connectivity index (χ2v) is 8.55. The maximum Gasteiger partial charge on any atom is 0.241 e. The number of benzene rings is 1. The quantitative estimate of drug-likeness (QED) is 0.616. The van der Waals surface area contributed by atoms with Crippen molar-refractivity contribution in [1.29, 1.82) is 0 Å². The molecule has 1 aliphatic heterocycles. The van der Waals surface area contributed by atoms with Crippen molar-refractivity contribution in [2.75, 3.05) is 36.9 Å². The van der Waals surface area contributed by atoms with E-state index in [4.69, 9.17) is 23.2 Å². The van der Waals surface area contributed by atoms with Gasteiger partial charge in [-0.05, 0) is 43.5 Å². The summed E-state index contributed by atoms with van der Waals surface area (Å²) in [5.74, 6) is 0.0594. The summed E-state index contributed by atoms with van der Waals surface area (Å²) in [5, 5.41) is 12.3. The minimum Gasteiger partial charge on any atom is -0.376 e. The van der Waals surface area contributed by atoms with E-state index >= 15 is 0 Å². The van der Waals surface area contributed by atoms with Gasteiger partial charge in [0.2, 0.25) is 5.91 Å². The van der Waals surface area contributed by atoms with E-state index in [0.717, 1.165) is 47.4 Å². The number of H-pyrrole nitrogens is 1. The molecule has 7 nitrogen and oxygen atoms in total. The number of aromatic nitrogens is 3. The number of anilines is 2. The van der Waals surface area contributed by atoms with Crippen LogP contribution in [0.4, 0.5) is 11.4 Å². The third-order valence-corrected chi connectivity index (χ3v) is 6.03. The number of rotatable bonds is 5. The number of nitrogens with zero attached hydrogens (tertiary/aromatic N) is 4. The van der Waals surface area contributed by atoms with E-state index < -0.39 is 0 Å². The molecule has 158 valence electrons. The molecule has 0 spiro atoms. The van der Waals surface area contributed by atoms with Crippen LogP contribution in [0.2, 0.25) is 10.0 Å². The third kappa shape index (κ3) is 4.32. The third-order valence-electron chi connectivity index (χ3n) is 5.59. The average molecular weight is 447 g/mol. The summed E-state index contributed by atoms with van der Waals surface area (Å²) < 4.78 is 0. The molecule has 0 radical (unpaired) electrons. The highest BCUT2D eigenvalue weighted by Gasteiger charge is 2.28. The number of nitrogens with one attached hydrogen (secondary N) is 2. The molecular formula is C21H24Cl2N6O. The highest BCUT2D eigenvalue weighted by molar-refractivity contribution is 6.35. The second-order valence-electron chi connectivity index (χ2n) is 7.68. The van der Waals surface area contributed by atoms with Crippen LogP contribution >= 0.6 is 23.2 Å². The molecule has 1 saturated heterocycles. The van der Waals surface area contributed by atoms with Crippen molar-refractivity contribution in [2.24, 2.45) is 0 Å². The van der Waals surface area contributed by atoms with Gasteiger partial charge in [0.25, 0.3) is 0 Å². The van der Waals surface area contributed by atoms with Gasteiger partial charge in [0.15, 0.2) is 5.65 Å². The van der Waals surface area contributed by atoms with Gasteiger partial charge in [-0.15, -0.1) is 0 Å². The molecule has 1 unspecified atom stereocenters. The Bertz CT molecular complexity index is 1050. The van der Waals surface area contributed by atoms with E-state index in [1.54, 1.807) is 18.2 Å². The fourth-order valence-electron chi connectivity index (χ4n) is 4.08. The number of piperidine rings is 1. The van der Waals surface area contributed by atoms with E-state index in [1.807, 2.05) is 17.3 Å². The number of amides is 1. The number of halogens is 2. The Morgan fingerprint density at radius 1 is 1.30 bits per heavy atom. The van der Waals surface area contributed by atoms with Crippen molar-refractivity contribution in [3.05, 3.63) is 46.2 Å². The van der Waals surface area contributed by atoms with Crippen LogP contribution in [0.5, 0.6) is 0 Å². The summed E-state index contributed by atoms with van der Waals surface area (Å²) in [7, 11) is 2.08. The zero-order valence-corrected chi connectivity index (χ0v) is 18.5. The lowest BCUT2D eigenvalue weighted by Gasteiger charge is -2.39. The zero-order chi connectivity index (χ0) is 21.3. The smallest absolute Gasteiger partial charge is 0.241 e. The minimum atomic E-state index is 0.0594. The van der Waals surface area contributed by atoms with Crippen molar-refractivity contribution in [1.82, 2.24) is 20.1 Å². The molecule has 1 atom stereocenters. The molecule has 0 bridgehead atoms. The van der Waals surface area contributed by atoms with Crippen LogP contribution in [-0.4, -0.2) is 58.7 Å². The lowest BCUT2D eigenvalue weighted by Crippen LogP contribution is -2.50. The number of pyridine rings is 1. The molecule has 0 aliphatic carbocycles. The first-order valence-corrected chi connectivity index (χ1v) is 10.7. The topological polar surface area (TPSA) is 77.2 Å². The molecule has 0 saturated carbocycles. The number of carbonyl (C=O) groups excluding carboxylic acids is 1. The fourth-order valence-corrected chi connectivity index (χ4v) is 4.61. The van der Waals surface area contributed by atoms with Crippen LogP contribution in [0.1, 0.15) is 18.4 Å². The number of fused-ring (bicyclic) bond motifs is 1. The van der Waals surface area contributed by atoms with Crippen molar-refractivity contribution in [3.8, 4) is 0 Å². The number of hydrogen-bond acceptors (Lipinski definition) is 5. The summed E-state index contributed by atoms with van der Waals surface area (Å²) >= 11 is 12.1. The molecule has 4 rings (SSSR count). The molecule has 2 aromatic heterocycles. The molecule has 9 heteroatoms. The summed E-state index contributed by atoms with van der Waals surface area (Å²) in [4.78, 5) is 21.4. The van der Waals surface area contributed by atoms with Gasteiger partial charge in [0.1, 0.15) is 0 Å². The number of likely N-dealkylation sites (N-methyl/N-ethyl adjacent to an activating group) is 1. The Labute approximate surface area is 185 Å². The van der Waals surface area contributed by atoms with E-state index in [1.165, 1.54) is 0 Å². The zero-order valence-electron chi connectivity index (χ0n) is 17.0. The van der Waals surface area contributed by atoms with Crippen LogP contribution in [0.15, 0.2) is 30.6 Å². The molecule has 3 heterocycles. The second kappa shape index (κ2) is 8.70. The normalized spacial score (nSPS) is 16.7. The van der Waals surface area contributed by atoms with Gasteiger partial charge < -0.3 is 15.1 Å². The van der Waals surface area contributed by atoms with E-state index in [9.17, 15) is 4.79 Å². The number of likely N-dealkylation sites (tertiary alicyclic amines) is 1. The Morgan fingerprint density at radius 3 is 2.83 bits per heavy atom. The first kappa shape index (κ1) is 20.8. The summed E-state index contributed by atoms with van der Waals surface area (Å²) in [6.45, 7) is 3.69. The average Bonchev–Trinajstić information content (AvgIpc) is 3.19. The van der Waals surface area contributed by atoms with Gasteiger partial charge in [-0.25, -0.2) is 4.98 Å². The molecular weight excluding hydrogens is 423 g/mol. The molecule has 1 amide bonds. The molecule has 3 aromatic rings. The Kier molecular flexibility index (Phi) is 6.01. The van der Waals surface area contributed by atoms with Gasteiger partial charge in [-0.3, -0.25) is 9.89 Å². The predicted octanol–water partition coefficient (Wildman–Crippen LogP) is 4.11. The van der Waals surface area contributed by atoms with E-state index in [2.05, 4.69) is 39.4 Å². The maximum atomic E-state index is 12.8. The SMILES string of the molecule is Cc1cnc2[nH]ncc2c1N(C)C1CCCN(C(=O)CNc2cc(Cl)cc(Cl)c2)C1. The highest BCUT2D eigenvalue weighted by atomic mass is 35.5. The standard InChI is InChI=1S/C21H24Cl2N6O/c1-13-9-25-21-18(10-26-27-21)20(13)28(2)17-4-3-5-29(12-17)19(30)11-24-16-7-14(22)6-15(23)8-16/h6-10,17,24H,3-5,11-12H2,1-2H3,(H,25,26,27). The molecule has 2 N–H and O–H groups in total. The minimum absolute atomic E-state index is 0.0594. The largest absolute Gasteiger partial charge is 0.376 e. The van der Waals surface area contributed by atoms with Crippen LogP contribution < -0.4 is 10.2 Å². The van der Waals surface area contributed by atoms with Gasteiger partial charge in [-0.2, -0.15) is 5.10 Å². The van der Waals surface area contributed by atoms with Crippen molar-refractivity contribution < 1.29 is 4.79 Å². The summed E-state index contributed by atoms with van der Waals surface area (Å²) in [6, 6.07) is 5.41. The van der Waals surface area contributed by atoms with Crippen molar-refractivity contribution in [3.63, 3.8) is 0 Å². The van der Waals surface area contributed by atoms with Gasteiger partial charge in [-0.1, -0.05) is 23.2 Å². The lowest BCUT2D eigenvalue weighted by atomic mass is 10.0. The summed E-state index contributed by atoms with van der Waals surface area (Å²) in [6.07, 6.45) is 5.66. The predicted molar refractivity (Wildman–Crippen MR) is 122 cm³/mol. The number of hydrogen-bond donors (Lipinski definition) is 2. The molecule has 30 heavy (non-hydrogen) atoms. The first-order valence-electron chi connectivity index (χ1n) is 9.91. The van der Waals surface area contributed by atoms with Crippen LogP contribution in [0, 0.1) is 6.92 Å². The van der Waals surface area contributed by atoms with Crippen molar-refractivity contribution in [2.45, 2.75) is 25.8 Å². The maximum absolute atomic E-state index is 12.8. The fraction of sp³-hybridized carbons (Fsp3) is 0.381. The monoisotopic (exact) mass is 446 g/mol. The highest BCUT2D eigenvalue weighted by Crippen LogP contribution is 2.30. The van der Waals surface area contributed by atoms with Crippen LogP contribution in [0.3, 0.4) is 0 Å². The van der Waals surface area contributed by atoms with E-state index in [-0.39, 0.29) is 18.5 Å². The molecule has 1 aromatic carbocycles. The van der Waals surface area contributed by atoms with Gasteiger partial charge >= 0.3 is 0 Å². The Morgan fingerprint density at radius 2 is 2.07 bits per heavy atom. The summed E-state index contributed by atoms with van der Waals surface area (Å²) in [5.41, 5.74) is 3.71. The van der Waals surface area contributed by atoms with Crippen molar-refractivity contribution >= 4 is 51.5 Å². The Hall–Kier alpha value is -2.51. The molecule has 1 fully saturated rings.